The van der Waals surface area contributed by atoms with Crippen molar-refractivity contribution in [3.8, 4) is 5.75 Å². The van der Waals surface area contributed by atoms with Crippen LogP contribution in [0.1, 0.15) is 30.0 Å². The van der Waals surface area contributed by atoms with Gasteiger partial charge in [0.25, 0.3) is 5.91 Å². The highest BCUT2D eigenvalue weighted by atomic mass is 35.5. The highest BCUT2D eigenvalue weighted by molar-refractivity contribution is 6.30. The highest BCUT2D eigenvalue weighted by Gasteiger charge is 2.30. The molecule has 23 heavy (non-hydrogen) atoms. The van der Waals surface area contributed by atoms with Gasteiger partial charge in [-0.1, -0.05) is 11.6 Å². The molecule has 2 heterocycles. The second kappa shape index (κ2) is 7.01. The van der Waals surface area contributed by atoms with Crippen LogP contribution in [0.3, 0.4) is 0 Å². The van der Waals surface area contributed by atoms with Gasteiger partial charge in [-0.3, -0.25) is 9.78 Å². The van der Waals surface area contributed by atoms with E-state index in [1.54, 1.807) is 24.5 Å². The summed E-state index contributed by atoms with van der Waals surface area (Å²) in [5.74, 6) is 0.709. The average molecular weight is 331 g/mol. The number of carbonyl (C=O) groups excluding carboxylic acids is 1. The minimum absolute atomic E-state index is 0.0127. The van der Waals surface area contributed by atoms with Crippen molar-refractivity contribution < 1.29 is 9.53 Å². The molecule has 1 atom stereocenters. The Morgan fingerprint density at radius 3 is 2.87 bits per heavy atom. The van der Waals surface area contributed by atoms with Crippen LogP contribution in [0.5, 0.6) is 5.75 Å². The van der Waals surface area contributed by atoms with E-state index in [2.05, 4.69) is 4.98 Å². The van der Waals surface area contributed by atoms with E-state index < -0.39 is 0 Å². The van der Waals surface area contributed by atoms with Crippen LogP contribution < -0.4 is 4.74 Å². The van der Waals surface area contributed by atoms with Crippen molar-refractivity contribution in [2.45, 2.75) is 25.8 Å². The predicted molar refractivity (Wildman–Crippen MR) is 89.6 cm³/mol. The van der Waals surface area contributed by atoms with Gasteiger partial charge in [0, 0.05) is 24.0 Å². The lowest BCUT2D eigenvalue weighted by Gasteiger charge is -2.25. The normalized spacial score (nSPS) is 17.3. The van der Waals surface area contributed by atoms with E-state index >= 15 is 0 Å². The van der Waals surface area contributed by atoms with Gasteiger partial charge in [-0.25, -0.2) is 0 Å². The van der Waals surface area contributed by atoms with E-state index in [1.165, 1.54) is 0 Å². The van der Waals surface area contributed by atoms with Crippen molar-refractivity contribution >= 4 is 17.5 Å². The first-order valence-electron chi connectivity index (χ1n) is 7.73. The number of amides is 1. The zero-order valence-electron chi connectivity index (χ0n) is 13.0. The van der Waals surface area contributed by atoms with E-state index in [0.717, 1.165) is 30.5 Å². The molecule has 0 bridgehead atoms. The SMILES string of the molecule is Cc1cc(Cl)ccc1OCC(=O)N1CCC[C@H]1c1ccncc1. The van der Waals surface area contributed by atoms with Gasteiger partial charge in [-0.15, -0.1) is 0 Å². The third-order valence-corrected chi connectivity index (χ3v) is 4.39. The number of hydrogen-bond donors (Lipinski definition) is 0. The molecule has 0 aliphatic carbocycles. The summed E-state index contributed by atoms with van der Waals surface area (Å²) in [6.45, 7) is 2.74. The Kier molecular flexibility index (Phi) is 4.82. The second-order valence-electron chi connectivity index (χ2n) is 5.72. The number of nitrogens with zero attached hydrogens (tertiary/aromatic N) is 2. The predicted octanol–water partition coefficient (Wildman–Crippen LogP) is 3.79. The molecule has 1 amide bonds. The van der Waals surface area contributed by atoms with Crippen LogP contribution in [0, 0.1) is 6.92 Å². The Morgan fingerprint density at radius 1 is 1.35 bits per heavy atom. The molecule has 0 unspecified atom stereocenters. The van der Waals surface area contributed by atoms with Crippen LogP contribution in [0.2, 0.25) is 5.02 Å². The summed E-state index contributed by atoms with van der Waals surface area (Å²) in [5.41, 5.74) is 2.06. The molecule has 120 valence electrons. The van der Waals surface area contributed by atoms with Crippen molar-refractivity contribution in [1.29, 1.82) is 0 Å². The average Bonchev–Trinajstić information content (AvgIpc) is 3.04. The fourth-order valence-electron chi connectivity index (χ4n) is 2.99. The minimum Gasteiger partial charge on any atom is -0.483 e. The third kappa shape index (κ3) is 3.64. The number of rotatable bonds is 4. The van der Waals surface area contributed by atoms with Crippen LogP contribution in [-0.4, -0.2) is 28.9 Å². The summed E-state index contributed by atoms with van der Waals surface area (Å²) in [6, 6.07) is 9.47. The van der Waals surface area contributed by atoms with Crippen molar-refractivity contribution in [3.05, 3.63) is 58.9 Å². The fourth-order valence-corrected chi connectivity index (χ4v) is 3.22. The molecule has 1 aliphatic heterocycles. The number of hydrogen-bond acceptors (Lipinski definition) is 3. The van der Waals surface area contributed by atoms with E-state index in [1.807, 2.05) is 30.0 Å². The molecule has 0 saturated carbocycles. The summed E-state index contributed by atoms with van der Waals surface area (Å²) < 4.78 is 5.69. The van der Waals surface area contributed by atoms with E-state index in [9.17, 15) is 4.79 Å². The molecule has 5 heteroatoms. The number of aryl methyl sites for hydroxylation is 1. The van der Waals surface area contributed by atoms with Crippen molar-refractivity contribution in [2.24, 2.45) is 0 Å². The van der Waals surface area contributed by atoms with Crippen LogP contribution in [-0.2, 0) is 4.79 Å². The summed E-state index contributed by atoms with van der Waals surface area (Å²) in [4.78, 5) is 18.5. The Balaban J connectivity index is 1.65. The molecule has 0 spiro atoms. The minimum atomic E-state index is 0.0127. The molecule has 3 rings (SSSR count). The molecule has 1 aromatic carbocycles. The van der Waals surface area contributed by atoms with Gasteiger partial charge in [0.15, 0.2) is 6.61 Å². The van der Waals surface area contributed by atoms with Crippen LogP contribution in [0.15, 0.2) is 42.7 Å². The van der Waals surface area contributed by atoms with Crippen LogP contribution >= 0.6 is 11.6 Å². The summed E-state index contributed by atoms with van der Waals surface area (Å²) in [7, 11) is 0. The molecule has 2 aromatic rings. The molecule has 1 aliphatic rings. The first-order chi connectivity index (χ1) is 11.1. The molecular formula is C18H19ClN2O2. The fraction of sp³-hybridized carbons (Fsp3) is 0.333. The van der Waals surface area contributed by atoms with Gasteiger partial charge in [0.1, 0.15) is 5.75 Å². The van der Waals surface area contributed by atoms with Gasteiger partial charge < -0.3 is 9.64 Å². The lowest BCUT2D eigenvalue weighted by Crippen LogP contribution is -2.34. The summed E-state index contributed by atoms with van der Waals surface area (Å²) in [5, 5.41) is 0.665. The van der Waals surface area contributed by atoms with Gasteiger partial charge in [0.05, 0.1) is 6.04 Å². The van der Waals surface area contributed by atoms with E-state index in [4.69, 9.17) is 16.3 Å². The lowest BCUT2D eigenvalue weighted by atomic mass is 10.1. The number of aromatic nitrogens is 1. The maximum atomic E-state index is 12.5. The number of halogens is 1. The van der Waals surface area contributed by atoms with Gasteiger partial charge >= 0.3 is 0 Å². The van der Waals surface area contributed by atoms with Crippen molar-refractivity contribution in [3.63, 3.8) is 0 Å². The van der Waals surface area contributed by atoms with Gasteiger partial charge in [-0.2, -0.15) is 0 Å². The molecular weight excluding hydrogens is 312 g/mol. The van der Waals surface area contributed by atoms with E-state index in [0.29, 0.717) is 10.8 Å². The van der Waals surface area contributed by atoms with Crippen molar-refractivity contribution in [1.82, 2.24) is 9.88 Å². The Labute approximate surface area is 141 Å². The number of benzene rings is 1. The zero-order valence-corrected chi connectivity index (χ0v) is 13.8. The van der Waals surface area contributed by atoms with Gasteiger partial charge in [0.2, 0.25) is 0 Å². The topological polar surface area (TPSA) is 42.4 Å². The molecule has 0 radical (unpaired) electrons. The second-order valence-corrected chi connectivity index (χ2v) is 6.16. The summed E-state index contributed by atoms with van der Waals surface area (Å²) >= 11 is 5.93. The molecule has 1 saturated heterocycles. The highest BCUT2D eigenvalue weighted by Crippen LogP contribution is 2.31. The van der Waals surface area contributed by atoms with Crippen LogP contribution in [0.4, 0.5) is 0 Å². The first kappa shape index (κ1) is 15.8. The summed E-state index contributed by atoms with van der Waals surface area (Å²) in [6.07, 6.45) is 5.53. The monoisotopic (exact) mass is 330 g/mol. The smallest absolute Gasteiger partial charge is 0.261 e. The Hall–Kier alpha value is -2.07. The molecule has 1 aromatic heterocycles. The molecule has 1 fully saturated rings. The van der Waals surface area contributed by atoms with Gasteiger partial charge in [-0.05, 0) is 61.2 Å². The maximum absolute atomic E-state index is 12.5. The standard InChI is InChI=1S/C18H19ClN2O2/c1-13-11-15(19)4-5-17(13)23-12-18(22)21-10-2-3-16(21)14-6-8-20-9-7-14/h4-9,11,16H,2-3,10,12H2,1H3/t16-/m0/s1. The quantitative estimate of drug-likeness (QED) is 0.856. The Bertz CT molecular complexity index is 691. The van der Waals surface area contributed by atoms with E-state index in [-0.39, 0.29) is 18.6 Å². The number of pyridine rings is 1. The maximum Gasteiger partial charge on any atom is 0.261 e. The largest absolute Gasteiger partial charge is 0.483 e. The zero-order chi connectivity index (χ0) is 16.2. The lowest BCUT2D eigenvalue weighted by molar-refractivity contribution is -0.134. The molecule has 4 nitrogen and oxygen atoms in total. The first-order valence-corrected chi connectivity index (χ1v) is 8.11. The number of likely N-dealkylation sites (tertiary alicyclic amines) is 1. The number of carbonyl (C=O) groups is 1. The number of ether oxygens (including phenoxy) is 1. The third-order valence-electron chi connectivity index (χ3n) is 4.15. The van der Waals surface area contributed by atoms with Crippen LogP contribution in [0.25, 0.3) is 0 Å². The molecule has 0 N–H and O–H groups in total. The Morgan fingerprint density at radius 2 is 2.13 bits per heavy atom. The van der Waals surface area contributed by atoms with Crippen molar-refractivity contribution in [2.75, 3.05) is 13.2 Å².